The van der Waals surface area contributed by atoms with Crippen LogP contribution in [0.25, 0.3) is 0 Å². The summed E-state index contributed by atoms with van der Waals surface area (Å²) < 4.78 is 0. The summed E-state index contributed by atoms with van der Waals surface area (Å²) in [5, 5.41) is 9.69. The summed E-state index contributed by atoms with van der Waals surface area (Å²) in [4.78, 5) is 18.1. The predicted octanol–water partition coefficient (Wildman–Crippen LogP) is 3.86. The second-order valence-electron chi connectivity index (χ2n) is 6.40. The number of hydrogen-bond acceptors (Lipinski definition) is 5. The molecule has 1 aliphatic heterocycles. The molecule has 1 saturated heterocycles. The number of hydrogen-bond donors (Lipinski definition) is 2. The lowest BCUT2D eigenvalue weighted by atomic mass is 9.96. The largest absolute Gasteiger partial charge is 0.352 e. The number of benzene rings is 1. The molecule has 1 atom stereocenters. The summed E-state index contributed by atoms with van der Waals surface area (Å²) in [6.07, 6.45) is 3.56. The van der Waals surface area contributed by atoms with Gasteiger partial charge in [-0.15, -0.1) is 23.1 Å². The van der Waals surface area contributed by atoms with Crippen molar-refractivity contribution in [3.63, 3.8) is 0 Å². The lowest BCUT2D eigenvalue weighted by Gasteiger charge is -2.22. The Kier molecular flexibility index (Phi) is 6.90. The van der Waals surface area contributed by atoms with Crippen LogP contribution in [-0.2, 0) is 5.75 Å². The number of amides is 1. The van der Waals surface area contributed by atoms with Gasteiger partial charge >= 0.3 is 0 Å². The Morgan fingerprint density at radius 3 is 3.08 bits per heavy atom. The average Bonchev–Trinajstić information content (AvgIpc) is 3.06. The van der Waals surface area contributed by atoms with E-state index in [2.05, 4.69) is 21.0 Å². The first-order chi connectivity index (χ1) is 12.2. The molecule has 1 aliphatic rings. The highest BCUT2D eigenvalue weighted by Gasteiger charge is 2.15. The van der Waals surface area contributed by atoms with Crippen molar-refractivity contribution in [1.29, 1.82) is 0 Å². The van der Waals surface area contributed by atoms with E-state index in [0.717, 1.165) is 53.0 Å². The van der Waals surface area contributed by atoms with Crippen molar-refractivity contribution in [2.75, 3.05) is 19.6 Å². The van der Waals surface area contributed by atoms with Crippen LogP contribution in [0.4, 0.5) is 0 Å². The van der Waals surface area contributed by atoms with E-state index in [0.29, 0.717) is 5.92 Å². The highest BCUT2D eigenvalue weighted by atomic mass is 32.2. The molecule has 25 heavy (non-hydrogen) atoms. The molecule has 1 unspecified atom stereocenters. The molecule has 0 bridgehead atoms. The highest BCUT2D eigenvalue weighted by Crippen LogP contribution is 2.27. The molecule has 3 rings (SSSR count). The number of aromatic nitrogens is 1. The Morgan fingerprint density at radius 2 is 2.32 bits per heavy atom. The molecular formula is C19H25N3OS2. The summed E-state index contributed by atoms with van der Waals surface area (Å²) in [5.74, 6) is 1.51. The van der Waals surface area contributed by atoms with Crippen molar-refractivity contribution in [1.82, 2.24) is 15.6 Å². The van der Waals surface area contributed by atoms with Gasteiger partial charge in [-0.1, -0.05) is 12.1 Å². The number of carbonyl (C=O) groups is 1. The van der Waals surface area contributed by atoms with Crippen LogP contribution < -0.4 is 10.6 Å². The molecule has 0 saturated carbocycles. The molecule has 2 aromatic rings. The minimum atomic E-state index is 0.0290. The third-order valence-corrected chi connectivity index (χ3v) is 6.34. The maximum absolute atomic E-state index is 12.6. The summed E-state index contributed by atoms with van der Waals surface area (Å²) in [7, 11) is 0. The summed E-state index contributed by atoms with van der Waals surface area (Å²) >= 11 is 3.34. The van der Waals surface area contributed by atoms with E-state index < -0.39 is 0 Å². The van der Waals surface area contributed by atoms with E-state index in [1.807, 2.05) is 31.2 Å². The van der Waals surface area contributed by atoms with Crippen LogP contribution in [0.3, 0.4) is 0 Å². The van der Waals surface area contributed by atoms with Crippen molar-refractivity contribution >= 4 is 29.0 Å². The molecule has 0 spiro atoms. The first kappa shape index (κ1) is 18.4. The molecule has 1 fully saturated rings. The minimum absolute atomic E-state index is 0.0290. The Morgan fingerprint density at radius 1 is 1.44 bits per heavy atom. The van der Waals surface area contributed by atoms with Crippen molar-refractivity contribution in [3.05, 3.63) is 45.9 Å². The van der Waals surface area contributed by atoms with E-state index >= 15 is 0 Å². The number of carbonyl (C=O) groups excluding carboxylic acids is 1. The lowest BCUT2D eigenvalue weighted by Crippen LogP contribution is -2.33. The zero-order chi connectivity index (χ0) is 17.5. The minimum Gasteiger partial charge on any atom is -0.352 e. The molecule has 2 heterocycles. The molecular weight excluding hydrogens is 350 g/mol. The second-order valence-corrected chi connectivity index (χ2v) is 8.48. The van der Waals surface area contributed by atoms with Gasteiger partial charge < -0.3 is 10.6 Å². The van der Waals surface area contributed by atoms with Gasteiger partial charge in [-0.3, -0.25) is 4.79 Å². The van der Waals surface area contributed by atoms with Crippen LogP contribution in [0.2, 0.25) is 0 Å². The maximum Gasteiger partial charge on any atom is 0.252 e. The van der Waals surface area contributed by atoms with Gasteiger partial charge in [0.2, 0.25) is 0 Å². The van der Waals surface area contributed by atoms with Gasteiger partial charge in [0.25, 0.3) is 5.91 Å². The molecule has 0 aliphatic carbocycles. The van der Waals surface area contributed by atoms with Crippen LogP contribution >= 0.6 is 23.1 Å². The van der Waals surface area contributed by atoms with Gasteiger partial charge in [-0.2, -0.15) is 0 Å². The van der Waals surface area contributed by atoms with Gasteiger partial charge in [0.1, 0.15) is 0 Å². The van der Waals surface area contributed by atoms with Crippen molar-refractivity contribution in [2.45, 2.75) is 36.8 Å². The molecule has 6 heteroatoms. The van der Waals surface area contributed by atoms with Crippen molar-refractivity contribution in [2.24, 2.45) is 5.92 Å². The maximum atomic E-state index is 12.6. The molecule has 4 nitrogen and oxygen atoms in total. The third-order valence-electron chi connectivity index (χ3n) is 4.41. The third kappa shape index (κ3) is 5.56. The van der Waals surface area contributed by atoms with Gasteiger partial charge in [0, 0.05) is 22.6 Å². The topological polar surface area (TPSA) is 54.0 Å². The first-order valence-corrected chi connectivity index (χ1v) is 10.7. The number of nitrogens with one attached hydrogen (secondary N) is 2. The Labute approximate surface area is 157 Å². The van der Waals surface area contributed by atoms with Crippen molar-refractivity contribution in [3.8, 4) is 0 Å². The fourth-order valence-electron chi connectivity index (χ4n) is 3.06. The molecule has 1 amide bonds. The average molecular weight is 376 g/mol. The Hall–Kier alpha value is -1.37. The van der Waals surface area contributed by atoms with Gasteiger partial charge in [0.15, 0.2) is 0 Å². The number of thiazole rings is 1. The zero-order valence-electron chi connectivity index (χ0n) is 14.6. The van der Waals surface area contributed by atoms with Crippen LogP contribution in [-0.4, -0.2) is 30.5 Å². The van der Waals surface area contributed by atoms with Crippen LogP contribution in [0.5, 0.6) is 0 Å². The van der Waals surface area contributed by atoms with E-state index in [4.69, 9.17) is 0 Å². The number of aryl methyl sites for hydroxylation is 1. The van der Waals surface area contributed by atoms with E-state index in [-0.39, 0.29) is 5.91 Å². The number of thioether (sulfide) groups is 1. The lowest BCUT2D eigenvalue weighted by molar-refractivity contribution is 0.0947. The molecule has 134 valence electrons. The van der Waals surface area contributed by atoms with E-state index in [1.165, 1.54) is 12.8 Å². The van der Waals surface area contributed by atoms with Crippen LogP contribution in [0, 0.1) is 12.8 Å². The fraction of sp³-hybridized carbons (Fsp3) is 0.474. The molecule has 0 radical (unpaired) electrons. The second kappa shape index (κ2) is 9.36. The first-order valence-electron chi connectivity index (χ1n) is 8.84. The van der Waals surface area contributed by atoms with Gasteiger partial charge in [-0.25, -0.2) is 4.98 Å². The SMILES string of the molecule is Cc1nc(CSc2ccccc2C(=O)NCCC2CCCNC2)cs1. The predicted molar refractivity (Wildman–Crippen MR) is 105 cm³/mol. The van der Waals surface area contributed by atoms with Gasteiger partial charge in [-0.05, 0) is 57.3 Å². The standard InChI is InChI=1S/C19H25N3OS2/c1-14-22-16(12-24-14)13-25-18-7-3-2-6-17(18)19(23)21-10-8-15-5-4-9-20-11-15/h2-3,6-7,12,15,20H,4-5,8-11,13H2,1H3,(H,21,23). The zero-order valence-corrected chi connectivity index (χ0v) is 16.2. The fourth-order valence-corrected chi connectivity index (χ4v) is 4.72. The van der Waals surface area contributed by atoms with Crippen molar-refractivity contribution < 1.29 is 4.79 Å². The van der Waals surface area contributed by atoms with Crippen LogP contribution in [0.15, 0.2) is 34.5 Å². The number of nitrogens with zero attached hydrogens (tertiary/aromatic N) is 1. The van der Waals surface area contributed by atoms with E-state index in [1.54, 1.807) is 23.1 Å². The van der Waals surface area contributed by atoms with Crippen LogP contribution in [0.1, 0.15) is 40.3 Å². The molecule has 1 aromatic heterocycles. The summed E-state index contributed by atoms with van der Waals surface area (Å²) in [5.41, 5.74) is 1.84. The normalized spacial score (nSPS) is 17.4. The molecule has 1 aromatic carbocycles. The number of rotatable bonds is 7. The Balaban J connectivity index is 1.52. The quantitative estimate of drug-likeness (QED) is 0.722. The highest BCUT2D eigenvalue weighted by molar-refractivity contribution is 7.98. The van der Waals surface area contributed by atoms with E-state index in [9.17, 15) is 4.79 Å². The molecule has 2 N–H and O–H groups in total. The summed E-state index contributed by atoms with van der Waals surface area (Å²) in [6.45, 7) is 4.97. The Bertz CT molecular complexity index is 695. The number of piperidine rings is 1. The smallest absolute Gasteiger partial charge is 0.252 e. The monoisotopic (exact) mass is 375 g/mol. The van der Waals surface area contributed by atoms with Gasteiger partial charge in [0.05, 0.1) is 16.3 Å². The summed E-state index contributed by atoms with van der Waals surface area (Å²) in [6, 6.07) is 7.84.